The standard InChI is InChI=1S/C25H27Cl2N3O2/c1-14-10-17-18(25(4,5)9-8-24(17,2)3)12-15(14)11-16-6-7-19(32-16)22(31)30-23-28-20(26)13-21(27)29-23/h6-7,10,12-13H,8-9,11H2,1-5H3,(H,28,29,30,31). The van der Waals surface area contributed by atoms with Gasteiger partial charge in [-0.2, -0.15) is 0 Å². The summed E-state index contributed by atoms with van der Waals surface area (Å²) in [7, 11) is 0. The molecule has 32 heavy (non-hydrogen) atoms. The summed E-state index contributed by atoms with van der Waals surface area (Å²) in [5, 5.41) is 2.86. The van der Waals surface area contributed by atoms with E-state index in [1.807, 2.05) is 6.07 Å². The molecule has 0 atom stereocenters. The maximum Gasteiger partial charge on any atom is 0.293 e. The van der Waals surface area contributed by atoms with Crippen LogP contribution < -0.4 is 5.32 Å². The quantitative estimate of drug-likeness (QED) is 0.421. The van der Waals surface area contributed by atoms with E-state index in [4.69, 9.17) is 27.6 Å². The maximum atomic E-state index is 12.5. The second-order valence-electron chi connectivity index (χ2n) is 9.83. The fourth-order valence-corrected chi connectivity index (χ4v) is 4.77. The summed E-state index contributed by atoms with van der Waals surface area (Å²) in [6.45, 7) is 11.4. The van der Waals surface area contributed by atoms with Crippen molar-refractivity contribution in [1.82, 2.24) is 9.97 Å². The summed E-state index contributed by atoms with van der Waals surface area (Å²) in [6.07, 6.45) is 2.96. The number of carbonyl (C=O) groups is 1. The Labute approximate surface area is 198 Å². The molecule has 5 nitrogen and oxygen atoms in total. The largest absolute Gasteiger partial charge is 0.456 e. The molecule has 1 amide bonds. The zero-order chi connectivity index (χ0) is 23.3. The first-order valence-electron chi connectivity index (χ1n) is 10.7. The molecule has 2 aromatic heterocycles. The van der Waals surface area contributed by atoms with Crippen LogP contribution in [0.25, 0.3) is 0 Å². The van der Waals surface area contributed by atoms with Crippen molar-refractivity contribution < 1.29 is 9.21 Å². The van der Waals surface area contributed by atoms with E-state index < -0.39 is 5.91 Å². The molecule has 0 bridgehead atoms. The summed E-state index contributed by atoms with van der Waals surface area (Å²) in [5.74, 6) is 0.466. The molecule has 4 rings (SSSR count). The van der Waals surface area contributed by atoms with Gasteiger partial charge in [-0.3, -0.25) is 10.1 Å². The van der Waals surface area contributed by atoms with Crippen LogP contribution in [-0.4, -0.2) is 15.9 Å². The molecule has 0 unspecified atom stereocenters. The number of hydrogen-bond acceptors (Lipinski definition) is 4. The van der Waals surface area contributed by atoms with E-state index in [0.29, 0.717) is 6.42 Å². The highest BCUT2D eigenvalue weighted by Gasteiger charge is 2.37. The topological polar surface area (TPSA) is 68.0 Å². The number of anilines is 1. The van der Waals surface area contributed by atoms with Crippen LogP contribution in [0.2, 0.25) is 10.3 Å². The molecule has 3 aromatic rings. The van der Waals surface area contributed by atoms with Crippen LogP contribution in [0.15, 0.2) is 34.7 Å². The van der Waals surface area contributed by atoms with E-state index in [1.54, 1.807) is 6.07 Å². The van der Waals surface area contributed by atoms with Crippen molar-refractivity contribution in [2.24, 2.45) is 0 Å². The Morgan fingerprint density at radius 1 is 1.00 bits per heavy atom. The third-order valence-electron chi connectivity index (χ3n) is 6.45. The van der Waals surface area contributed by atoms with Gasteiger partial charge in [0.2, 0.25) is 5.95 Å². The predicted molar refractivity (Wildman–Crippen MR) is 128 cm³/mol. The normalized spacial score (nSPS) is 16.5. The van der Waals surface area contributed by atoms with Gasteiger partial charge in [0, 0.05) is 12.5 Å². The second-order valence-corrected chi connectivity index (χ2v) is 10.6. The highest BCUT2D eigenvalue weighted by molar-refractivity contribution is 6.33. The van der Waals surface area contributed by atoms with Gasteiger partial charge in [0.25, 0.3) is 5.91 Å². The summed E-state index contributed by atoms with van der Waals surface area (Å²) < 4.78 is 5.84. The highest BCUT2D eigenvalue weighted by Crippen LogP contribution is 2.46. The molecule has 1 aliphatic carbocycles. The number of carbonyl (C=O) groups excluding carboxylic acids is 1. The predicted octanol–water partition coefficient (Wildman–Crippen LogP) is 6.88. The molecule has 0 saturated carbocycles. The van der Waals surface area contributed by atoms with Crippen LogP contribution in [0.3, 0.4) is 0 Å². The maximum absolute atomic E-state index is 12.5. The Morgan fingerprint density at radius 3 is 2.22 bits per heavy atom. The number of aromatic nitrogens is 2. The zero-order valence-corrected chi connectivity index (χ0v) is 20.5. The number of halogens is 2. The lowest BCUT2D eigenvalue weighted by atomic mass is 9.62. The first kappa shape index (κ1) is 22.8. The number of nitrogens with one attached hydrogen (secondary N) is 1. The van der Waals surface area contributed by atoms with Gasteiger partial charge in [-0.05, 0) is 65.0 Å². The van der Waals surface area contributed by atoms with Crippen molar-refractivity contribution in [2.75, 3.05) is 5.32 Å². The van der Waals surface area contributed by atoms with Crippen LogP contribution in [0.1, 0.15) is 79.1 Å². The van der Waals surface area contributed by atoms with E-state index in [9.17, 15) is 4.79 Å². The van der Waals surface area contributed by atoms with Crippen molar-refractivity contribution in [2.45, 2.75) is 64.7 Å². The van der Waals surface area contributed by atoms with Crippen molar-refractivity contribution in [1.29, 1.82) is 0 Å². The molecule has 0 spiro atoms. The summed E-state index contributed by atoms with van der Waals surface area (Å²) in [4.78, 5) is 20.4. The average molecular weight is 472 g/mol. The van der Waals surface area contributed by atoms with Crippen molar-refractivity contribution >= 4 is 35.1 Å². The number of hydrogen-bond donors (Lipinski definition) is 1. The molecule has 168 valence electrons. The SMILES string of the molecule is Cc1cc2c(cc1Cc1ccc(C(=O)Nc3nc(Cl)cc(Cl)n3)o1)C(C)(C)CCC2(C)C. The van der Waals surface area contributed by atoms with E-state index in [1.165, 1.54) is 34.7 Å². The summed E-state index contributed by atoms with van der Waals surface area (Å²) in [5.41, 5.74) is 5.61. The van der Waals surface area contributed by atoms with E-state index in [2.05, 4.69) is 62.0 Å². The monoisotopic (exact) mass is 471 g/mol. The van der Waals surface area contributed by atoms with E-state index >= 15 is 0 Å². The lowest BCUT2D eigenvalue weighted by Crippen LogP contribution is -2.34. The van der Waals surface area contributed by atoms with Crippen LogP contribution in [0.5, 0.6) is 0 Å². The smallest absolute Gasteiger partial charge is 0.293 e. The fraction of sp³-hybridized carbons (Fsp3) is 0.400. The van der Waals surface area contributed by atoms with Gasteiger partial charge >= 0.3 is 0 Å². The Hall–Kier alpha value is -2.37. The van der Waals surface area contributed by atoms with Gasteiger partial charge in [-0.15, -0.1) is 0 Å². The molecule has 0 saturated heterocycles. The lowest BCUT2D eigenvalue weighted by Gasteiger charge is -2.42. The zero-order valence-electron chi connectivity index (χ0n) is 19.0. The number of amides is 1. The third-order valence-corrected chi connectivity index (χ3v) is 6.84. The molecule has 0 fully saturated rings. The number of furan rings is 1. The molecule has 7 heteroatoms. The van der Waals surface area contributed by atoms with Crippen molar-refractivity contribution in [3.05, 3.63) is 74.4 Å². The number of fused-ring (bicyclic) bond motifs is 1. The summed E-state index contributed by atoms with van der Waals surface area (Å²) >= 11 is 11.7. The Bertz CT molecular complexity index is 1180. The minimum atomic E-state index is -0.459. The molecule has 0 radical (unpaired) electrons. The molecule has 2 heterocycles. The Morgan fingerprint density at radius 2 is 1.59 bits per heavy atom. The number of rotatable bonds is 4. The third kappa shape index (κ3) is 4.55. The van der Waals surface area contributed by atoms with Gasteiger partial charge in [-0.25, -0.2) is 9.97 Å². The number of aryl methyl sites for hydroxylation is 1. The van der Waals surface area contributed by atoms with Gasteiger partial charge in [0.15, 0.2) is 5.76 Å². The minimum Gasteiger partial charge on any atom is -0.456 e. The molecule has 1 aliphatic rings. The Kier molecular flexibility index (Phi) is 5.84. The van der Waals surface area contributed by atoms with Crippen molar-refractivity contribution in [3.8, 4) is 0 Å². The second kappa shape index (κ2) is 8.20. The number of benzene rings is 1. The van der Waals surface area contributed by atoms with Crippen LogP contribution in [-0.2, 0) is 17.3 Å². The van der Waals surface area contributed by atoms with Gasteiger partial charge in [0.05, 0.1) is 0 Å². The molecule has 1 N–H and O–H groups in total. The highest BCUT2D eigenvalue weighted by atomic mass is 35.5. The van der Waals surface area contributed by atoms with Crippen LogP contribution in [0.4, 0.5) is 5.95 Å². The van der Waals surface area contributed by atoms with E-state index in [0.717, 1.165) is 12.2 Å². The van der Waals surface area contributed by atoms with Gasteiger partial charge in [-0.1, -0.05) is 63.0 Å². The Balaban J connectivity index is 1.57. The van der Waals surface area contributed by atoms with Crippen molar-refractivity contribution in [3.63, 3.8) is 0 Å². The van der Waals surface area contributed by atoms with Gasteiger partial charge < -0.3 is 4.42 Å². The first-order chi connectivity index (χ1) is 14.9. The first-order valence-corrected chi connectivity index (χ1v) is 11.4. The van der Waals surface area contributed by atoms with E-state index in [-0.39, 0.29) is 32.8 Å². The summed E-state index contributed by atoms with van der Waals surface area (Å²) in [6, 6.07) is 9.54. The average Bonchev–Trinajstić information content (AvgIpc) is 3.15. The van der Waals surface area contributed by atoms with Gasteiger partial charge in [0.1, 0.15) is 16.1 Å². The van der Waals surface area contributed by atoms with Crippen LogP contribution >= 0.6 is 23.2 Å². The molecular weight excluding hydrogens is 445 g/mol. The molecule has 1 aromatic carbocycles. The lowest BCUT2D eigenvalue weighted by molar-refractivity contribution is 0.0994. The number of nitrogens with zero attached hydrogens (tertiary/aromatic N) is 2. The van der Waals surface area contributed by atoms with Crippen LogP contribution in [0, 0.1) is 6.92 Å². The molecular formula is C25H27Cl2N3O2. The fourth-order valence-electron chi connectivity index (χ4n) is 4.35. The molecule has 0 aliphatic heterocycles. The minimum absolute atomic E-state index is 0.0285.